The number of anilines is 1. The fourth-order valence-corrected chi connectivity index (χ4v) is 3.98. The van der Waals surface area contributed by atoms with E-state index in [0.29, 0.717) is 39.1 Å². The SMILES string of the molecule is C1COCCN1.CNc1ncc2cc(-c3ccc(-c4cccc(CO)n4)cc3Cl)c(=O)n(C)c2n1. The number of rotatable bonds is 4. The molecule has 0 aliphatic carbocycles. The summed E-state index contributed by atoms with van der Waals surface area (Å²) in [5, 5.41) is 16.5. The maximum absolute atomic E-state index is 13.0. The summed E-state index contributed by atoms with van der Waals surface area (Å²) in [5.41, 5.74) is 3.50. The Bertz CT molecular complexity index is 1380. The van der Waals surface area contributed by atoms with Gasteiger partial charge in [-0.05, 0) is 24.3 Å². The summed E-state index contributed by atoms with van der Waals surface area (Å²) in [6.45, 7) is 3.70. The molecule has 1 aliphatic heterocycles. The first kappa shape index (κ1) is 24.7. The molecule has 9 nitrogen and oxygen atoms in total. The van der Waals surface area contributed by atoms with Gasteiger partial charge in [0.1, 0.15) is 5.65 Å². The summed E-state index contributed by atoms with van der Waals surface area (Å²) < 4.78 is 6.50. The number of nitrogens with one attached hydrogen (secondary N) is 2. The second-order valence-electron chi connectivity index (χ2n) is 7.87. The summed E-state index contributed by atoms with van der Waals surface area (Å²) in [4.78, 5) is 25.9. The Balaban J connectivity index is 0.000000421. The molecule has 1 saturated heterocycles. The third-order valence-electron chi connectivity index (χ3n) is 5.54. The van der Waals surface area contributed by atoms with E-state index in [1.165, 1.54) is 4.57 Å². The maximum Gasteiger partial charge on any atom is 0.259 e. The van der Waals surface area contributed by atoms with Gasteiger partial charge in [-0.25, -0.2) is 4.98 Å². The standard InChI is InChI=1S/C21H18ClN5O2.C4H9NO/c1-23-21-24-10-13-8-16(20(29)27(2)19(13)26-21)15-7-6-12(9-17(15)22)18-5-3-4-14(11-28)25-18;1-3-6-4-2-5-1/h3-10,28H,11H2,1-2H3,(H,23,24,26);5H,1-4H2. The molecule has 4 heterocycles. The molecule has 1 aliphatic rings. The number of aliphatic hydroxyl groups excluding tert-OH is 1. The van der Waals surface area contributed by atoms with E-state index in [1.807, 2.05) is 18.2 Å². The quantitative estimate of drug-likeness (QED) is 0.397. The molecule has 0 saturated carbocycles. The van der Waals surface area contributed by atoms with E-state index in [1.54, 1.807) is 44.6 Å². The minimum atomic E-state index is -0.201. The molecular weight excluding hydrogens is 468 g/mol. The van der Waals surface area contributed by atoms with Crippen LogP contribution >= 0.6 is 11.6 Å². The zero-order chi connectivity index (χ0) is 24.8. The van der Waals surface area contributed by atoms with Gasteiger partial charge in [-0.3, -0.25) is 14.3 Å². The van der Waals surface area contributed by atoms with Crippen molar-refractivity contribution < 1.29 is 9.84 Å². The number of hydrogen-bond donors (Lipinski definition) is 3. The number of hydrogen-bond acceptors (Lipinski definition) is 8. The number of halogens is 1. The molecule has 0 amide bonds. The first-order valence-corrected chi connectivity index (χ1v) is 11.6. The summed E-state index contributed by atoms with van der Waals surface area (Å²) in [5.74, 6) is 0.445. The molecule has 35 heavy (non-hydrogen) atoms. The monoisotopic (exact) mass is 494 g/mol. The largest absolute Gasteiger partial charge is 0.390 e. The van der Waals surface area contributed by atoms with Crippen LogP contribution in [-0.2, 0) is 18.4 Å². The van der Waals surface area contributed by atoms with Crippen molar-refractivity contribution in [1.29, 1.82) is 0 Å². The number of aliphatic hydroxyl groups is 1. The van der Waals surface area contributed by atoms with Gasteiger partial charge >= 0.3 is 0 Å². The van der Waals surface area contributed by atoms with Crippen LogP contribution in [0.2, 0.25) is 5.02 Å². The molecule has 0 unspecified atom stereocenters. The van der Waals surface area contributed by atoms with Gasteiger partial charge in [0.15, 0.2) is 0 Å². The Hall–Kier alpha value is -3.37. The third-order valence-corrected chi connectivity index (χ3v) is 5.85. The Morgan fingerprint density at radius 1 is 1.14 bits per heavy atom. The molecule has 1 fully saturated rings. The van der Waals surface area contributed by atoms with Crippen LogP contribution in [0.15, 0.2) is 53.5 Å². The minimum Gasteiger partial charge on any atom is -0.390 e. The van der Waals surface area contributed by atoms with Crippen LogP contribution in [0.1, 0.15) is 5.69 Å². The number of aryl methyl sites for hydroxylation is 1. The van der Waals surface area contributed by atoms with Crippen molar-refractivity contribution >= 4 is 28.6 Å². The number of pyridine rings is 2. The highest BCUT2D eigenvalue weighted by molar-refractivity contribution is 6.33. The van der Waals surface area contributed by atoms with Gasteiger partial charge in [-0.1, -0.05) is 29.8 Å². The van der Waals surface area contributed by atoms with Crippen molar-refractivity contribution in [3.63, 3.8) is 0 Å². The molecular formula is C25H27ClN6O3. The van der Waals surface area contributed by atoms with Crippen LogP contribution in [0, 0.1) is 0 Å². The van der Waals surface area contributed by atoms with Crippen LogP contribution in [0.4, 0.5) is 5.95 Å². The van der Waals surface area contributed by atoms with Crippen molar-refractivity contribution in [2.75, 3.05) is 38.7 Å². The molecule has 0 bridgehead atoms. The number of benzene rings is 1. The van der Waals surface area contributed by atoms with Crippen molar-refractivity contribution in [3.05, 3.63) is 69.7 Å². The summed E-state index contributed by atoms with van der Waals surface area (Å²) in [7, 11) is 3.40. The van der Waals surface area contributed by atoms with Gasteiger partial charge in [-0.15, -0.1) is 0 Å². The topological polar surface area (TPSA) is 114 Å². The molecule has 0 spiro atoms. The zero-order valence-corrected chi connectivity index (χ0v) is 20.3. The van der Waals surface area contributed by atoms with Crippen LogP contribution < -0.4 is 16.2 Å². The van der Waals surface area contributed by atoms with E-state index < -0.39 is 0 Å². The number of fused-ring (bicyclic) bond motifs is 1. The average Bonchev–Trinajstić information content (AvgIpc) is 2.92. The lowest BCUT2D eigenvalue weighted by Gasteiger charge is -2.11. The lowest BCUT2D eigenvalue weighted by molar-refractivity contribution is 0.109. The van der Waals surface area contributed by atoms with Crippen molar-refractivity contribution in [3.8, 4) is 22.4 Å². The second kappa shape index (κ2) is 11.4. The lowest BCUT2D eigenvalue weighted by atomic mass is 10.0. The first-order chi connectivity index (χ1) is 17.0. The highest BCUT2D eigenvalue weighted by atomic mass is 35.5. The summed E-state index contributed by atoms with van der Waals surface area (Å²) in [6.07, 6.45) is 1.67. The Kier molecular flexibility index (Phi) is 8.04. The summed E-state index contributed by atoms with van der Waals surface area (Å²) in [6, 6.07) is 12.6. The number of morpholine rings is 1. The van der Waals surface area contributed by atoms with E-state index >= 15 is 0 Å². The summed E-state index contributed by atoms with van der Waals surface area (Å²) >= 11 is 6.54. The van der Waals surface area contributed by atoms with E-state index in [2.05, 4.69) is 25.6 Å². The van der Waals surface area contributed by atoms with Crippen LogP contribution in [0.5, 0.6) is 0 Å². The van der Waals surface area contributed by atoms with Gasteiger partial charge < -0.3 is 20.5 Å². The maximum atomic E-state index is 13.0. The van der Waals surface area contributed by atoms with Crippen LogP contribution in [0.3, 0.4) is 0 Å². The predicted molar refractivity (Wildman–Crippen MR) is 138 cm³/mol. The molecule has 3 aromatic heterocycles. The average molecular weight is 495 g/mol. The molecule has 0 atom stereocenters. The highest BCUT2D eigenvalue weighted by Gasteiger charge is 2.14. The molecule has 4 aromatic rings. The van der Waals surface area contributed by atoms with E-state index in [0.717, 1.165) is 37.3 Å². The number of ether oxygens (including phenoxy) is 1. The fourth-order valence-electron chi connectivity index (χ4n) is 3.70. The molecule has 182 valence electrons. The Morgan fingerprint density at radius 2 is 1.94 bits per heavy atom. The van der Waals surface area contributed by atoms with Crippen LogP contribution in [0.25, 0.3) is 33.4 Å². The predicted octanol–water partition coefficient (Wildman–Crippen LogP) is 2.85. The van der Waals surface area contributed by atoms with Crippen molar-refractivity contribution in [1.82, 2.24) is 24.8 Å². The van der Waals surface area contributed by atoms with Crippen molar-refractivity contribution in [2.24, 2.45) is 7.05 Å². The van der Waals surface area contributed by atoms with Gasteiger partial charge in [0.25, 0.3) is 5.56 Å². The minimum absolute atomic E-state index is 0.135. The molecule has 10 heteroatoms. The van der Waals surface area contributed by atoms with E-state index in [4.69, 9.17) is 16.3 Å². The van der Waals surface area contributed by atoms with E-state index in [9.17, 15) is 9.90 Å². The Morgan fingerprint density at radius 3 is 2.57 bits per heavy atom. The van der Waals surface area contributed by atoms with E-state index in [-0.39, 0.29) is 12.2 Å². The molecule has 0 radical (unpaired) electrons. The van der Waals surface area contributed by atoms with Gasteiger partial charge in [0, 0.05) is 60.5 Å². The smallest absolute Gasteiger partial charge is 0.259 e. The fraction of sp³-hybridized carbons (Fsp3) is 0.280. The van der Waals surface area contributed by atoms with Crippen molar-refractivity contribution in [2.45, 2.75) is 6.61 Å². The zero-order valence-electron chi connectivity index (χ0n) is 19.6. The van der Waals surface area contributed by atoms with Gasteiger partial charge in [0.2, 0.25) is 5.95 Å². The van der Waals surface area contributed by atoms with Gasteiger partial charge in [-0.2, -0.15) is 4.98 Å². The second-order valence-corrected chi connectivity index (χ2v) is 8.28. The third kappa shape index (κ3) is 5.66. The van der Waals surface area contributed by atoms with Gasteiger partial charge in [0.05, 0.1) is 31.2 Å². The normalized spacial score (nSPS) is 13.3. The molecule has 5 rings (SSSR count). The molecule has 1 aromatic carbocycles. The number of aromatic nitrogens is 4. The Labute approximate surface area is 207 Å². The number of nitrogens with zero attached hydrogens (tertiary/aromatic N) is 4. The lowest BCUT2D eigenvalue weighted by Crippen LogP contribution is -2.30. The van der Waals surface area contributed by atoms with Crippen LogP contribution in [-0.4, -0.2) is 58.0 Å². The highest BCUT2D eigenvalue weighted by Crippen LogP contribution is 2.31. The molecule has 3 N–H and O–H groups in total. The first-order valence-electron chi connectivity index (χ1n) is 11.2.